The van der Waals surface area contributed by atoms with Crippen LogP contribution in [0, 0.1) is 12.8 Å². The summed E-state index contributed by atoms with van der Waals surface area (Å²) in [4.78, 5) is 7.02. The number of ether oxygens (including phenoxy) is 1. The van der Waals surface area contributed by atoms with Crippen molar-refractivity contribution in [2.75, 3.05) is 31.7 Å². The maximum Gasteiger partial charge on any atom is 0.208 e. The molecule has 1 saturated heterocycles. The summed E-state index contributed by atoms with van der Waals surface area (Å²) in [5, 5.41) is 14.2. The lowest BCUT2D eigenvalue weighted by Gasteiger charge is -2.31. The number of oxime groups is 1. The highest BCUT2D eigenvalue weighted by Gasteiger charge is 2.21. The first-order valence-electron chi connectivity index (χ1n) is 8.59. The Hall–Kier alpha value is -2.15. The van der Waals surface area contributed by atoms with Crippen LogP contribution in [0.2, 0.25) is 0 Å². The second-order valence-electron chi connectivity index (χ2n) is 6.16. The number of benzene rings is 1. The molecule has 2 aromatic rings. The normalized spacial score (nSPS) is 15.7. The standard InChI is InChI=1S/C18H24N4O2S/c1-14-20-21-18(25-14)22-10-7-15(8-11-22)9-12-24-17-5-3-16(4-6-17)13-19-23-2/h3-6,13,15H,7-12H2,1-2H3. The Bertz CT molecular complexity index is 679. The van der Waals surface area contributed by atoms with E-state index in [1.54, 1.807) is 17.6 Å². The minimum atomic E-state index is 0.721. The van der Waals surface area contributed by atoms with Gasteiger partial charge in [0.15, 0.2) is 0 Å². The molecule has 0 aliphatic carbocycles. The fourth-order valence-corrected chi connectivity index (χ4v) is 3.67. The Morgan fingerprint density at radius 2 is 2.00 bits per heavy atom. The van der Waals surface area contributed by atoms with Crippen LogP contribution in [0.1, 0.15) is 29.8 Å². The van der Waals surface area contributed by atoms with Gasteiger partial charge < -0.3 is 14.5 Å². The van der Waals surface area contributed by atoms with Gasteiger partial charge in [-0.15, -0.1) is 10.2 Å². The summed E-state index contributed by atoms with van der Waals surface area (Å²) in [6.07, 6.45) is 5.15. The van der Waals surface area contributed by atoms with E-state index in [9.17, 15) is 0 Å². The number of piperidine rings is 1. The second kappa shape index (κ2) is 8.80. The third-order valence-corrected chi connectivity index (χ3v) is 5.28. The van der Waals surface area contributed by atoms with Gasteiger partial charge in [0, 0.05) is 13.1 Å². The van der Waals surface area contributed by atoms with Gasteiger partial charge in [-0.05, 0) is 61.9 Å². The fraction of sp³-hybridized carbons (Fsp3) is 0.500. The Kier molecular flexibility index (Phi) is 6.22. The van der Waals surface area contributed by atoms with Crippen LogP contribution >= 0.6 is 11.3 Å². The number of aryl methyl sites for hydroxylation is 1. The van der Waals surface area contributed by atoms with Crippen molar-refractivity contribution in [2.45, 2.75) is 26.2 Å². The molecule has 0 amide bonds. The summed E-state index contributed by atoms with van der Waals surface area (Å²) in [6.45, 7) is 4.88. The molecule has 6 nitrogen and oxygen atoms in total. The van der Waals surface area contributed by atoms with E-state index in [1.807, 2.05) is 31.2 Å². The van der Waals surface area contributed by atoms with Gasteiger partial charge in [-0.1, -0.05) is 16.5 Å². The first kappa shape index (κ1) is 17.7. The highest BCUT2D eigenvalue weighted by Crippen LogP contribution is 2.27. The zero-order valence-corrected chi connectivity index (χ0v) is 15.5. The van der Waals surface area contributed by atoms with Crippen LogP contribution in [-0.4, -0.2) is 43.2 Å². The first-order chi connectivity index (χ1) is 12.2. The molecule has 0 bridgehead atoms. The maximum absolute atomic E-state index is 5.87. The molecule has 1 aliphatic heterocycles. The van der Waals surface area contributed by atoms with Crippen LogP contribution in [-0.2, 0) is 4.84 Å². The van der Waals surface area contributed by atoms with Gasteiger partial charge in [0.1, 0.15) is 17.9 Å². The lowest BCUT2D eigenvalue weighted by atomic mass is 9.94. The third-order valence-electron chi connectivity index (χ3n) is 4.38. The summed E-state index contributed by atoms with van der Waals surface area (Å²) < 4.78 is 5.87. The van der Waals surface area contributed by atoms with Crippen molar-refractivity contribution in [1.29, 1.82) is 0 Å². The van der Waals surface area contributed by atoms with Crippen molar-refractivity contribution in [3.05, 3.63) is 34.8 Å². The zero-order valence-electron chi connectivity index (χ0n) is 14.7. The number of nitrogens with zero attached hydrogens (tertiary/aromatic N) is 4. The lowest BCUT2D eigenvalue weighted by Crippen LogP contribution is -2.34. The Morgan fingerprint density at radius 3 is 2.64 bits per heavy atom. The van der Waals surface area contributed by atoms with Crippen LogP contribution in [0.4, 0.5) is 5.13 Å². The first-order valence-corrected chi connectivity index (χ1v) is 9.40. The second-order valence-corrected chi connectivity index (χ2v) is 7.32. The molecule has 0 atom stereocenters. The van der Waals surface area contributed by atoms with Crippen molar-refractivity contribution in [1.82, 2.24) is 10.2 Å². The number of anilines is 1. The summed E-state index contributed by atoms with van der Waals surface area (Å²) in [5.74, 6) is 1.62. The minimum absolute atomic E-state index is 0.721. The van der Waals surface area contributed by atoms with Crippen molar-refractivity contribution in [3.8, 4) is 5.75 Å². The fourth-order valence-electron chi connectivity index (χ4n) is 2.93. The Morgan fingerprint density at radius 1 is 1.24 bits per heavy atom. The molecule has 1 aromatic heterocycles. The number of aromatic nitrogens is 2. The monoisotopic (exact) mass is 360 g/mol. The highest BCUT2D eigenvalue weighted by molar-refractivity contribution is 7.15. The van der Waals surface area contributed by atoms with E-state index < -0.39 is 0 Å². The van der Waals surface area contributed by atoms with Crippen molar-refractivity contribution >= 4 is 22.7 Å². The lowest BCUT2D eigenvalue weighted by molar-refractivity contribution is 0.215. The number of rotatable bonds is 7. The highest BCUT2D eigenvalue weighted by atomic mass is 32.1. The van der Waals surface area contributed by atoms with E-state index in [2.05, 4.69) is 25.1 Å². The van der Waals surface area contributed by atoms with E-state index in [0.717, 1.165) is 53.5 Å². The predicted molar refractivity (Wildman–Crippen MR) is 101 cm³/mol. The molecule has 0 radical (unpaired) electrons. The molecule has 0 spiro atoms. The van der Waals surface area contributed by atoms with E-state index in [-0.39, 0.29) is 0 Å². The van der Waals surface area contributed by atoms with Gasteiger partial charge in [-0.2, -0.15) is 0 Å². The van der Waals surface area contributed by atoms with E-state index >= 15 is 0 Å². The molecule has 0 saturated carbocycles. The topological polar surface area (TPSA) is 59.8 Å². The van der Waals surface area contributed by atoms with Crippen molar-refractivity contribution < 1.29 is 9.57 Å². The molecule has 134 valence electrons. The third kappa shape index (κ3) is 5.16. The molecule has 1 aromatic carbocycles. The zero-order chi connectivity index (χ0) is 17.5. The SMILES string of the molecule is CON=Cc1ccc(OCCC2CCN(c3nnc(C)s3)CC2)cc1. The smallest absolute Gasteiger partial charge is 0.208 e. The van der Waals surface area contributed by atoms with Gasteiger partial charge in [0.25, 0.3) is 0 Å². The summed E-state index contributed by atoms with van der Waals surface area (Å²) >= 11 is 1.68. The molecule has 1 fully saturated rings. The molecular weight excluding hydrogens is 336 g/mol. The van der Waals surface area contributed by atoms with Crippen molar-refractivity contribution in [2.24, 2.45) is 11.1 Å². The molecule has 7 heteroatoms. The molecular formula is C18H24N4O2S. The van der Waals surface area contributed by atoms with Crippen LogP contribution in [0.25, 0.3) is 0 Å². The quantitative estimate of drug-likeness (QED) is 0.558. The molecule has 0 N–H and O–H groups in total. The maximum atomic E-state index is 5.87. The summed E-state index contributed by atoms with van der Waals surface area (Å²) in [7, 11) is 1.54. The van der Waals surface area contributed by atoms with Crippen LogP contribution in [0.15, 0.2) is 29.4 Å². The van der Waals surface area contributed by atoms with Crippen LogP contribution in [0.3, 0.4) is 0 Å². The minimum Gasteiger partial charge on any atom is -0.494 e. The molecule has 3 rings (SSSR count). The average Bonchev–Trinajstić information content (AvgIpc) is 3.08. The molecule has 1 aliphatic rings. The Labute approximate surface area is 152 Å². The van der Waals surface area contributed by atoms with Gasteiger partial charge >= 0.3 is 0 Å². The molecule has 2 heterocycles. The van der Waals surface area contributed by atoms with E-state index in [1.165, 1.54) is 20.0 Å². The predicted octanol–water partition coefficient (Wildman–Crippen LogP) is 3.51. The Balaban J connectivity index is 1.38. The van der Waals surface area contributed by atoms with Crippen LogP contribution < -0.4 is 9.64 Å². The van der Waals surface area contributed by atoms with Crippen molar-refractivity contribution in [3.63, 3.8) is 0 Å². The van der Waals surface area contributed by atoms with E-state index in [0.29, 0.717) is 0 Å². The van der Waals surface area contributed by atoms with Gasteiger partial charge in [0.05, 0.1) is 12.8 Å². The average molecular weight is 360 g/mol. The van der Waals surface area contributed by atoms with E-state index in [4.69, 9.17) is 4.74 Å². The van der Waals surface area contributed by atoms with Gasteiger partial charge in [-0.25, -0.2) is 0 Å². The van der Waals surface area contributed by atoms with Gasteiger partial charge in [0.2, 0.25) is 5.13 Å². The summed E-state index contributed by atoms with van der Waals surface area (Å²) in [5.41, 5.74) is 0.994. The molecule has 25 heavy (non-hydrogen) atoms. The van der Waals surface area contributed by atoms with Crippen LogP contribution in [0.5, 0.6) is 5.75 Å². The number of hydrogen-bond acceptors (Lipinski definition) is 7. The van der Waals surface area contributed by atoms with Gasteiger partial charge in [-0.3, -0.25) is 0 Å². The largest absolute Gasteiger partial charge is 0.494 e. The summed E-state index contributed by atoms with van der Waals surface area (Å²) in [6, 6.07) is 7.88. The molecule has 0 unspecified atom stereocenters. The number of hydrogen-bond donors (Lipinski definition) is 0.